The van der Waals surface area contributed by atoms with Crippen LogP contribution in [0.3, 0.4) is 0 Å². The second-order valence-corrected chi connectivity index (χ2v) is 8.75. The number of carbonyl (C=O) groups is 2. The second-order valence-electron chi connectivity index (χ2n) is 6.49. The van der Waals surface area contributed by atoms with Crippen molar-refractivity contribution in [1.29, 1.82) is 0 Å². The van der Waals surface area contributed by atoms with Gasteiger partial charge in [-0.15, -0.1) is 0 Å². The van der Waals surface area contributed by atoms with Gasteiger partial charge in [0.1, 0.15) is 11.9 Å². The molecule has 9 heteroatoms. The number of alkyl halides is 2. The molecular formula is C19H16Cl4N2O3. The number of carbonyl (C=O) groups excluding carboxylic acids is 2. The molecule has 0 radical (unpaired) electrons. The molecule has 3 rings (SSSR count). The molecular weight excluding hydrogens is 446 g/mol. The van der Waals surface area contributed by atoms with Crippen molar-refractivity contribution in [2.75, 3.05) is 5.32 Å². The Labute approximate surface area is 182 Å². The van der Waals surface area contributed by atoms with Crippen molar-refractivity contribution in [2.24, 2.45) is 5.92 Å². The van der Waals surface area contributed by atoms with E-state index < -0.39 is 16.3 Å². The Bertz CT molecular complexity index is 929. The number of benzene rings is 2. The van der Waals surface area contributed by atoms with Crippen LogP contribution < -0.4 is 15.4 Å². The molecule has 28 heavy (non-hydrogen) atoms. The molecule has 1 saturated carbocycles. The molecule has 2 N–H and O–H groups in total. The normalized spacial score (nSPS) is 19.6. The molecule has 2 unspecified atom stereocenters. The summed E-state index contributed by atoms with van der Waals surface area (Å²) in [5.74, 6) is -0.0561. The summed E-state index contributed by atoms with van der Waals surface area (Å²) in [6, 6.07) is 8.97. The minimum atomic E-state index is -0.885. The van der Waals surface area contributed by atoms with E-state index in [0.29, 0.717) is 11.4 Å². The largest absolute Gasteiger partial charge is 0.487 e. The fraction of sp³-hybridized carbons (Fsp3) is 0.263. The third kappa shape index (κ3) is 4.33. The fourth-order valence-electron chi connectivity index (χ4n) is 2.66. The number of urea groups is 1. The minimum absolute atomic E-state index is 0.0291. The fourth-order valence-corrected chi connectivity index (χ4v) is 3.80. The third-order valence-corrected chi connectivity index (χ3v) is 6.18. The summed E-state index contributed by atoms with van der Waals surface area (Å²) in [5.41, 5.74) is 1.29. The maximum Gasteiger partial charge on any atom is 0.326 e. The Morgan fingerprint density at radius 3 is 2.25 bits per heavy atom. The van der Waals surface area contributed by atoms with Gasteiger partial charge in [0.25, 0.3) is 5.91 Å². The molecule has 1 aliphatic carbocycles. The molecule has 1 fully saturated rings. The monoisotopic (exact) mass is 460 g/mol. The number of halogens is 4. The highest BCUT2D eigenvalue weighted by molar-refractivity contribution is 6.51. The Kier molecular flexibility index (Phi) is 6.01. The van der Waals surface area contributed by atoms with E-state index in [9.17, 15) is 9.59 Å². The Morgan fingerprint density at radius 1 is 1.11 bits per heavy atom. The van der Waals surface area contributed by atoms with Gasteiger partial charge in [0.15, 0.2) is 4.33 Å². The average molecular weight is 462 g/mol. The van der Waals surface area contributed by atoms with Crippen LogP contribution in [0.25, 0.3) is 0 Å². The van der Waals surface area contributed by atoms with Crippen molar-refractivity contribution in [3.63, 3.8) is 0 Å². The summed E-state index contributed by atoms with van der Waals surface area (Å²) >= 11 is 24.2. The Hall–Kier alpha value is -1.66. The summed E-state index contributed by atoms with van der Waals surface area (Å²) in [7, 11) is 0. The maximum absolute atomic E-state index is 12.2. The summed E-state index contributed by atoms with van der Waals surface area (Å²) < 4.78 is 4.93. The standard InChI is InChI=1S/C19H16Cl4N2O3/c1-9-8-11(6-7-14(9)28-16-10(2)19(16,22)23)24-18(27)25-17(26)15-12(20)4-3-5-13(15)21/h3-8,10,16H,1-2H3,(H2,24,25,26,27). The molecule has 148 valence electrons. The third-order valence-electron chi connectivity index (χ3n) is 4.44. The van der Waals surface area contributed by atoms with Gasteiger partial charge < -0.3 is 10.1 Å². The summed E-state index contributed by atoms with van der Waals surface area (Å²) in [4.78, 5) is 24.4. The molecule has 0 aliphatic heterocycles. The van der Waals surface area contributed by atoms with Crippen LogP contribution >= 0.6 is 46.4 Å². The predicted molar refractivity (Wildman–Crippen MR) is 112 cm³/mol. The van der Waals surface area contributed by atoms with E-state index in [1.54, 1.807) is 24.3 Å². The van der Waals surface area contributed by atoms with Gasteiger partial charge in [-0.2, -0.15) is 0 Å². The smallest absolute Gasteiger partial charge is 0.326 e. The van der Waals surface area contributed by atoms with Crippen LogP contribution in [0.1, 0.15) is 22.8 Å². The molecule has 0 bridgehead atoms. The maximum atomic E-state index is 12.2. The number of hydrogen-bond donors (Lipinski definition) is 2. The first-order valence-electron chi connectivity index (χ1n) is 8.32. The molecule has 2 aromatic carbocycles. The van der Waals surface area contributed by atoms with Gasteiger partial charge in [0.2, 0.25) is 0 Å². The number of imide groups is 1. The van der Waals surface area contributed by atoms with Gasteiger partial charge in [-0.25, -0.2) is 4.79 Å². The van der Waals surface area contributed by atoms with Gasteiger partial charge in [0.05, 0.1) is 15.6 Å². The van der Waals surface area contributed by atoms with E-state index >= 15 is 0 Å². The van der Waals surface area contributed by atoms with Crippen molar-refractivity contribution < 1.29 is 14.3 Å². The topological polar surface area (TPSA) is 67.4 Å². The molecule has 0 aromatic heterocycles. The van der Waals surface area contributed by atoms with E-state index in [1.165, 1.54) is 12.1 Å². The number of ether oxygens (including phenoxy) is 1. The van der Waals surface area contributed by atoms with E-state index in [0.717, 1.165) is 5.56 Å². The average Bonchev–Trinajstić information content (AvgIpc) is 3.06. The van der Waals surface area contributed by atoms with E-state index in [-0.39, 0.29) is 27.6 Å². The number of anilines is 1. The molecule has 0 saturated heterocycles. The lowest BCUT2D eigenvalue weighted by atomic mass is 10.2. The van der Waals surface area contributed by atoms with E-state index in [2.05, 4.69) is 10.6 Å². The summed E-state index contributed by atoms with van der Waals surface area (Å²) in [6.45, 7) is 3.73. The van der Waals surface area contributed by atoms with Crippen LogP contribution in [0.2, 0.25) is 10.0 Å². The highest BCUT2D eigenvalue weighted by atomic mass is 35.5. The van der Waals surface area contributed by atoms with Crippen molar-refractivity contribution in [2.45, 2.75) is 24.3 Å². The van der Waals surface area contributed by atoms with Crippen molar-refractivity contribution in [3.05, 3.63) is 57.6 Å². The zero-order valence-electron chi connectivity index (χ0n) is 14.9. The number of hydrogen-bond acceptors (Lipinski definition) is 3. The van der Waals surface area contributed by atoms with Gasteiger partial charge in [-0.3, -0.25) is 10.1 Å². The molecule has 0 heterocycles. The lowest BCUT2D eigenvalue weighted by molar-refractivity contribution is 0.0967. The minimum Gasteiger partial charge on any atom is -0.487 e. The quantitative estimate of drug-likeness (QED) is 0.562. The van der Waals surface area contributed by atoms with Crippen molar-refractivity contribution in [3.8, 4) is 5.75 Å². The van der Waals surface area contributed by atoms with Gasteiger partial charge >= 0.3 is 6.03 Å². The number of rotatable bonds is 4. The first-order chi connectivity index (χ1) is 13.1. The second kappa shape index (κ2) is 7.99. The first-order valence-corrected chi connectivity index (χ1v) is 9.84. The Balaban J connectivity index is 1.63. The number of aryl methyl sites for hydroxylation is 1. The zero-order chi connectivity index (χ0) is 20.6. The van der Waals surface area contributed by atoms with Gasteiger partial charge in [-0.1, -0.05) is 59.4 Å². The lowest BCUT2D eigenvalue weighted by Gasteiger charge is -2.12. The molecule has 5 nitrogen and oxygen atoms in total. The Morgan fingerprint density at radius 2 is 1.71 bits per heavy atom. The zero-order valence-corrected chi connectivity index (χ0v) is 17.9. The van der Waals surface area contributed by atoms with Crippen LogP contribution in [-0.2, 0) is 0 Å². The first kappa shape index (κ1) is 21.1. The van der Waals surface area contributed by atoms with E-state index in [1.807, 2.05) is 13.8 Å². The van der Waals surface area contributed by atoms with Gasteiger partial charge in [0, 0.05) is 11.6 Å². The SMILES string of the molecule is Cc1cc(NC(=O)NC(=O)c2c(Cl)cccc2Cl)ccc1OC1C(C)C1(Cl)Cl. The molecule has 0 spiro atoms. The van der Waals surface area contributed by atoms with Crippen LogP contribution in [0.4, 0.5) is 10.5 Å². The molecule has 2 aromatic rings. The summed E-state index contributed by atoms with van der Waals surface area (Å²) in [6.07, 6.45) is -0.283. The molecule has 2 atom stereocenters. The summed E-state index contributed by atoms with van der Waals surface area (Å²) in [5, 5.41) is 5.08. The highest BCUT2D eigenvalue weighted by Crippen LogP contribution is 2.55. The van der Waals surface area contributed by atoms with Gasteiger partial charge in [-0.05, 0) is 42.8 Å². The predicted octanol–water partition coefficient (Wildman–Crippen LogP) is 5.83. The van der Waals surface area contributed by atoms with Crippen molar-refractivity contribution >= 4 is 64.0 Å². The number of amides is 3. The van der Waals surface area contributed by atoms with Crippen LogP contribution in [0.15, 0.2) is 36.4 Å². The highest BCUT2D eigenvalue weighted by Gasteiger charge is 2.63. The number of nitrogens with one attached hydrogen (secondary N) is 2. The van der Waals surface area contributed by atoms with Crippen LogP contribution in [0.5, 0.6) is 5.75 Å². The molecule has 1 aliphatic rings. The van der Waals surface area contributed by atoms with E-state index in [4.69, 9.17) is 51.1 Å². The molecule has 3 amide bonds. The van der Waals surface area contributed by atoms with Crippen LogP contribution in [-0.4, -0.2) is 22.4 Å². The van der Waals surface area contributed by atoms with Crippen LogP contribution in [0, 0.1) is 12.8 Å². The van der Waals surface area contributed by atoms with Crippen molar-refractivity contribution in [1.82, 2.24) is 5.32 Å². The lowest BCUT2D eigenvalue weighted by Crippen LogP contribution is -2.34.